The summed E-state index contributed by atoms with van der Waals surface area (Å²) in [6, 6.07) is 6.49. The fourth-order valence-corrected chi connectivity index (χ4v) is 3.91. The monoisotopic (exact) mass is 484 g/mol. The van der Waals surface area contributed by atoms with Gasteiger partial charge in [0.05, 0.1) is 5.02 Å². The Morgan fingerprint density at radius 1 is 1.18 bits per heavy atom. The van der Waals surface area contributed by atoms with Gasteiger partial charge in [0.1, 0.15) is 23.1 Å². The number of aromatic nitrogens is 1. The van der Waals surface area contributed by atoms with Crippen molar-refractivity contribution < 1.29 is 29.0 Å². The van der Waals surface area contributed by atoms with Gasteiger partial charge in [-0.25, -0.2) is 9.59 Å². The van der Waals surface area contributed by atoms with E-state index in [1.54, 1.807) is 32.2 Å². The van der Waals surface area contributed by atoms with E-state index in [4.69, 9.17) is 20.8 Å². The molecule has 9 nitrogen and oxygen atoms in total. The number of aryl methyl sites for hydroxylation is 1. The first kappa shape index (κ1) is 23.2. The summed E-state index contributed by atoms with van der Waals surface area (Å²) < 4.78 is 10.8. The van der Waals surface area contributed by atoms with Crippen LogP contribution in [-0.4, -0.2) is 39.7 Å². The third-order valence-electron chi connectivity index (χ3n) is 5.68. The first-order chi connectivity index (χ1) is 16.1. The Kier molecular flexibility index (Phi) is 6.21. The molecule has 0 fully saturated rings. The number of aromatic hydroxyl groups is 1. The SMILES string of the molecule is Cc1c(C)c2cc(Cl)c(OCC(=O)N[C@H](Cc3c[nH]c4ccc(O)cc34)C(=O)O)cc2oc1=O. The van der Waals surface area contributed by atoms with Gasteiger partial charge in [-0.1, -0.05) is 11.6 Å². The number of benzene rings is 2. The number of hydrogen-bond acceptors (Lipinski definition) is 6. The third kappa shape index (κ3) is 4.55. The lowest BCUT2D eigenvalue weighted by molar-refractivity contribution is -0.142. The molecule has 1 atom stereocenters. The van der Waals surface area contributed by atoms with Crippen LogP contribution in [0.25, 0.3) is 21.9 Å². The fourth-order valence-electron chi connectivity index (χ4n) is 3.69. The first-order valence-electron chi connectivity index (χ1n) is 10.3. The standard InChI is InChI=1S/C24H21ClN2O7/c1-11-12(2)24(32)34-20-8-21(17(25)7-15(11)20)33-10-22(29)27-19(23(30)31)5-13-9-26-18-4-3-14(28)6-16(13)18/h3-4,6-9,19,26,28H,5,10H2,1-2H3,(H,27,29)(H,30,31)/t19-/m1/s1. The molecule has 2 aromatic heterocycles. The van der Waals surface area contributed by atoms with E-state index in [-0.39, 0.29) is 28.5 Å². The molecule has 4 rings (SSSR count). The van der Waals surface area contributed by atoms with Crippen molar-refractivity contribution in [2.24, 2.45) is 0 Å². The number of rotatable bonds is 7. The molecule has 2 heterocycles. The van der Waals surface area contributed by atoms with Gasteiger partial charge in [0.15, 0.2) is 6.61 Å². The van der Waals surface area contributed by atoms with Crippen molar-refractivity contribution in [1.29, 1.82) is 0 Å². The van der Waals surface area contributed by atoms with Crippen molar-refractivity contribution >= 4 is 45.3 Å². The van der Waals surface area contributed by atoms with Crippen LogP contribution in [0.4, 0.5) is 0 Å². The molecule has 0 aliphatic rings. The molecule has 176 valence electrons. The Morgan fingerprint density at radius 3 is 2.68 bits per heavy atom. The molecule has 2 aromatic carbocycles. The molecule has 0 unspecified atom stereocenters. The van der Waals surface area contributed by atoms with Gasteiger partial charge in [0.2, 0.25) is 0 Å². The summed E-state index contributed by atoms with van der Waals surface area (Å²) in [5, 5.41) is 23.3. The van der Waals surface area contributed by atoms with E-state index in [0.29, 0.717) is 21.9 Å². The quantitative estimate of drug-likeness (QED) is 0.294. The molecule has 0 radical (unpaired) electrons. The van der Waals surface area contributed by atoms with E-state index in [1.807, 2.05) is 0 Å². The van der Waals surface area contributed by atoms with E-state index in [9.17, 15) is 24.6 Å². The maximum atomic E-state index is 12.4. The van der Waals surface area contributed by atoms with Gasteiger partial charge in [-0.15, -0.1) is 0 Å². The smallest absolute Gasteiger partial charge is 0.339 e. The second kappa shape index (κ2) is 9.11. The van der Waals surface area contributed by atoms with Crippen molar-refractivity contribution in [2.75, 3.05) is 6.61 Å². The van der Waals surface area contributed by atoms with Crippen LogP contribution < -0.4 is 15.7 Å². The largest absolute Gasteiger partial charge is 0.508 e. The third-order valence-corrected chi connectivity index (χ3v) is 5.97. The highest BCUT2D eigenvalue weighted by Crippen LogP contribution is 2.31. The lowest BCUT2D eigenvalue weighted by Crippen LogP contribution is -2.44. The molecule has 0 saturated heterocycles. The number of hydrogen-bond donors (Lipinski definition) is 4. The van der Waals surface area contributed by atoms with Crippen LogP contribution in [0.2, 0.25) is 5.02 Å². The highest BCUT2D eigenvalue weighted by atomic mass is 35.5. The van der Waals surface area contributed by atoms with Crippen LogP contribution in [0.3, 0.4) is 0 Å². The van der Waals surface area contributed by atoms with E-state index in [0.717, 1.165) is 11.1 Å². The maximum absolute atomic E-state index is 12.4. The second-order valence-corrected chi connectivity index (χ2v) is 8.32. The van der Waals surface area contributed by atoms with Crippen molar-refractivity contribution in [3.05, 3.63) is 68.7 Å². The van der Waals surface area contributed by atoms with E-state index in [1.165, 1.54) is 18.2 Å². The number of carboxylic acid groups (broad SMARTS) is 1. The molecule has 1 amide bonds. The average Bonchev–Trinajstić information content (AvgIpc) is 3.18. The summed E-state index contributed by atoms with van der Waals surface area (Å²) in [5.74, 6) is -1.73. The summed E-state index contributed by atoms with van der Waals surface area (Å²) in [6.07, 6.45) is 1.63. The molecule has 10 heteroatoms. The molecule has 0 aliphatic heterocycles. The van der Waals surface area contributed by atoms with Gasteiger partial charge in [0, 0.05) is 40.5 Å². The summed E-state index contributed by atoms with van der Waals surface area (Å²) in [7, 11) is 0. The van der Waals surface area contributed by atoms with Crippen molar-refractivity contribution in [1.82, 2.24) is 10.3 Å². The highest BCUT2D eigenvalue weighted by Gasteiger charge is 2.23. The average molecular weight is 485 g/mol. The number of fused-ring (bicyclic) bond motifs is 2. The molecular weight excluding hydrogens is 464 g/mol. The number of carbonyl (C=O) groups excluding carboxylic acids is 1. The van der Waals surface area contributed by atoms with Crippen molar-refractivity contribution in [3.63, 3.8) is 0 Å². The number of amides is 1. The number of phenolic OH excluding ortho intramolecular Hbond substituents is 1. The Labute approximate surface area is 197 Å². The molecule has 0 saturated carbocycles. The van der Waals surface area contributed by atoms with Gasteiger partial charge in [0.25, 0.3) is 5.91 Å². The van der Waals surface area contributed by atoms with E-state index < -0.39 is 30.2 Å². The maximum Gasteiger partial charge on any atom is 0.339 e. The molecule has 4 N–H and O–H groups in total. The Morgan fingerprint density at radius 2 is 1.94 bits per heavy atom. The molecule has 0 bridgehead atoms. The van der Waals surface area contributed by atoms with Gasteiger partial charge in [-0.2, -0.15) is 0 Å². The summed E-state index contributed by atoms with van der Waals surface area (Å²) in [4.78, 5) is 39.2. The fraction of sp³-hybridized carbons (Fsp3) is 0.208. The summed E-state index contributed by atoms with van der Waals surface area (Å²) in [5.41, 5.74) is 2.34. The number of aliphatic carboxylic acids is 1. The zero-order valence-corrected chi connectivity index (χ0v) is 19.0. The molecular formula is C24H21ClN2O7. The predicted octanol–water partition coefficient (Wildman–Crippen LogP) is 3.44. The molecule has 34 heavy (non-hydrogen) atoms. The van der Waals surface area contributed by atoms with E-state index >= 15 is 0 Å². The topological polar surface area (TPSA) is 142 Å². The molecule has 4 aromatic rings. The van der Waals surface area contributed by atoms with Crippen LogP contribution in [0.15, 0.2) is 45.7 Å². The molecule has 0 aliphatic carbocycles. The van der Waals surface area contributed by atoms with Crippen molar-refractivity contribution in [2.45, 2.75) is 26.3 Å². The number of phenols is 1. The van der Waals surface area contributed by atoms with Crippen LogP contribution in [0.1, 0.15) is 16.7 Å². The first-order valence-corrected chi connectivity index (χ1v) is 10.7. The normalized spacial score (nSPS) is 12.1. The van der Waals surface area contributed by atoms with Gasteiger partial charge < -0.3 is 29.7 Å². The Balaban J connectivity index is 1.47. The van der Waals surface area contributed by atoms with Crippen LogP contribution in [0, 0.1) is 13.8 Å². The van der Waals surface area contributed by atoms with Gasteiger partial charge in [-0.05, 0) is 49.2 Å². The van der Waals surface area contributed by atoms with Gasteiger partial charge in [-0.3, -0.25) is 4.79 Å². The zero-order chi connectivity index (χ0) is 24.6. The lowest BCUT2D eigenvalue weighted by atomic mass is 10.0. The van der Waals surface area contributed by atoms with Crippen LogP contribution in [0.5, 0.6) is 11.5 Å². The van der Waals surface area contributed by atoms with Crippen LogP contribution >= 0.6 is 11.6 Å². The van der Waals surface area contributed by atoms with Crippen molar-refractivity contribution in [3.8, 4) is 11.5 Å². The van der Waals surface area contributed by atoms with E-state index in [2.05, 4.69) is 10.3 Å². The number of nitrogens with one attached hydrogen (secondary N) is 2. The van der Waals surface area contributed by atoms with Crippen LogP contribution in [-0.2, 0) is 16.0 Å². The number of aromatic amines is 1. The lowest BCUT2D eigenvalue weighted by Gasteiger charge is -2.15. The Hall–Kier alpha value is -3.98. The minimum atomic E-state index is -1.23. The summed E-state index contributed by atoms with van der Waals surface area (Å²) in [6.45, 7) is 2.93. The number of halogens is 1. The summed E-state index contributed by atoms with van der Waals surface area (Å²) >= 11 is 6.28. The Bertz CT molecular complexity index is 1490. The minimum absolute atomic E-state index is 0.00889. The molecule has 0 spiro atoms. The highest BCUT2D eigenvalue weighted by molar-refractivity contribution is 6.32. The number of H-pyrrole nitrogens is 1. The second-order valence-electron chi connectivity index (χ2n) is 7.91. The zero-order valence-electron chi connectivity index (χ0n) is 18.3. The predicted molar refractivity (Wildman–Crippen MR) is 126 cm³/mol. The minimum Gasteiger partial charge on any atom is -0.508 e. The number of ether oxygens (including phenoxy) is 1. The number of carboxylic acids is 1. The number of carbonyl (C=O) groups is 2. The van der Waals surface area contributed by atoms with Gasteiger partial charge >= 0.3 is 11.6 Å².